The van der Waals surface area contributed by atoms with E-state index in [1.807, 2.05) is 24.3 Å². The molecule has 5 nitrogen and oxygen atoms in total. The van der Waals surface area contributed by atoms with Gasteiger partial charge in [0.05, 0.1) is 0 Å². The van der Waals surface area contributed by atoms with Crippen molar-refractivity contribution >= 4 is 32.3 Å². The van der Waals surface area contributed by atoms with Crippen LogP contribution in [0.15, 0.2) is 63.9 Å². The number of nitrogens with one attached hydrogen (secondary N) is 1. The maximum absolute atomic E-state index is 13.1. The molecule has 0 unspecified atom stereocenters. The summed E-state index contributed by atoms with van der Waals surface area (Å²) in [6.07, 6.45) is 0. The van der Waals surface area contributed by atoms with Gasteiger partial charge in [0, 0.05) is 15.9 Å². The Morgan fingerprint density at radius 2 is 1.74 bits per heavy atom. The minimum absolute atomic E-state index is 0. The van der Waals surface area contributed by atoms with Gasteiger partial charge >= 0.3 is 5.56 Å². The van der Waals surface area contributed by atoms with Crippen LogP contribution in [0.5, 0.6) is 0 Å². The van der Waals surface area contributed by atoms with E-state index >= 15 is 0 Å². The van der Waals surface area contributed by atoms with Gasteiger partial charge in [-0.3, -0.25) is 0 Å². The number of halogens is 2. The number of fused-ring (bicyclic) bond motifs is 3. The van der Waals surface area contributed by atoms with Crippen LogP contribution < -0.4 is 10.1 Å². The van der Waals surface area contributed by atoms with Gasteiger partial charge in [-0.1, -0.05) is 22.0 Å². The smallest absolute Gasteiger partial charge is 0.406 e. The molecule has 0 saturated carbocycles. The third-order valence-corrected chi connectivity index (χ3v) is 4.27. The lowest BCUT2D eigenvalue weighted by Crippen LogP contribution is -2.26. The lowest BCUT2D eigenvalue weighted by molar-refractivity contribution is -0.555. The van der Waals surface area contributed by atoms with E-state index in [0.717, 1.165) is 15.4 Å². The molecule has 0 aliphatic carbocycles. The molecule has 0 atom stereocenters. The first-order valence-corrected chi connectivity index (χ1v) is 7.44. The summed E-state index contributed by atoms with van der Waals surface area (Å²) in [7, 11) is 0. The fourth-order valence-corrected chi connectivity index (χ4v) is 3.11. The van der Waals surface area contributed by atoms with E-state index in [2.05, 4.69) is 21.1 Å². The van der Waals surface area contributed by atoms with Crippen LogP contribution in [-0.4, -0.2) is 15.4 Å². The Hall–Kier alpha value is -2.51. The van der Waals surface area contributed by atoms with Crippen LogP contribution in [0.4, 0.5) is 4.39 Å². The highest BCUT2D eigenvalue weighted by atomic mass is 79.9. The van der Waals surface area contributed by atoms with Crippen LogP contribution in [0, 0.1) is 5.82 Å². The summed E-state index contributed by atoms with van der Waals surface area (Å²) in [6.45, 7) is 0. The zero-order valence-corrected chi connectivity index (χ0v) is 13.3. The van der Waals surface area contributed by atoms with Crippen molar-refractivity contribution in [3.05, 3.63) is 75.2 Å². The molecule has 4 rings (SSSR count). The van der Waals surface area contributed by atoms with Crippen molar-refractivity contribution in [2.45, 2.75) is 0 Å². The van der Waals surface area contributed by atoms with E-state index in [1.165, 1.54) is 16.8 Å². The van der Waals surface area contributed by atoms with Crippen molar-refractivity contribution in [2.75, 3.05) is 0 Å². The van der Waals surface area contributed by atoms with E-state index in [-0.39, 0.29) is 16.9 Å². The summed E-state index contributed by atoms with van der Waals surface area (Å²) in [4.78, 5) is 12.6. The Bertz CT molecular complexity index is 1070. The van der Waals surface area contributed by atoms with Crippen LogP contribution in [0.3, 0.4) is 0 Å². The predicted molar refractivity (Wildman–Crippen MR) is 86.6 cm³/mol. The number of rotatable bonds is 1. The summed E-state index contributed by atoms with van der Waals surface area (Å²) in [5.41, 5.74) is 1.77. The molecular formula is C16H11BrFN3O2. The van der Waals surface area contributed by atoms with Gasteiger partial charge in [0.25, 0.3) is 0 Å². The van der Waals surface area contributed by atoms with Gasteiger partial charge in [0.1, 0.15) is 5.82 Å². The zero-order valence-electron chi connectivity index (χ0n) is 11.7. The minimum Gasteiger partial charge on any atom is -0.870 e. The second kappa shape index (κ2) is 5.60. The molecule has 2 heterocycles. The van der Waals surface area contributed by atoms with Crippen LogP contribution >= 0.6 is 15.9 Å². The van der Waals surface area contributed by atoms with E-state index in [9.17, 15) is 9.18 Å². The van der Waals surface area contributed by atoms with Gasteiger partial charge in [-0.2, -0.15) is 0 Å². The Labute approximate surface area is 138 Å². The molecule has 0 fully saturated rings. The molecule has 0 aliphatic heterocycles. The van der Waals surface area contributed by atoms with Crippen molar-refractivity contribution in [3.63, 3.8) is 0 Å². The molecule has 116 valence electrons. The van der Waals surface area contributed by atoms with Crippen molar-refractivity contribution in [1.29, 1.82) is 0 Å². The average molecular weight is 376 g/mol. The second-order valence-corrected chi connectivity index (χ2v) is 5.80. The van der Waals surface area contributed by atoms with Gasteiger partial charge < -0.3 is 5.48 Å². The molecule has 0 aliphatic rings. The summed E-state index contributed by atoms with van der Waals surface area (Å²) in [5, 5.41) is 4.04. The highest BCUT2D eigenvalue weighted by molar-refractivity contribution is 9.10. The van der Waals surface area contributed by atoms with E-state index in [4.69, 9.17) is 0 Å². The van der Waals surface area contributed by atoms with Gasteiger partial charge in [0.2, 0.25) is 5.52 Å². The van der Waals surface area contributed by atoms with Crippen LogP contribution in [0.2, 0.25) is 0 Å². The third kappa shape index (κ3) is 2.34. The number of H-pyrrole nitrogens is 1. The first-order chi connectivity index (χ1) is 10.6. The molecule has 23 heavy (non-hydrogen) atoms. The molecular weight excluding hydrogens is 365 g/mol. The Morgan fingerprint density at radius 1 is 1.04 bits per heavy atom. The molecule has 2 aromatic carbocycles. The fourth-order valence-electron chi connectivity index (χ4n) is 2.55. The number of aromatic amines is 1. The first kappa shape index (κ1) is 15.4. The highest BCUT2D eigenvalue weighted by Crippen LogP contribution is 2.21. The fraction of sp³-hybridized carbons (Fsp3) is 0. The van der Waals surface area contributed by atoms with Crippen molar-refractivity contribution in [2.24, 2.45) is 0 Å². The van der Waals surface area contributed by atoms with Crippen LogP contribution in [0.1, 0.15) is 0 Å². The second-order valence-electron chi connectivity index (χ2n) is 4.95. The molecule has 2 N–H and O–H groups in total. The van der Waals surface area contributed by atoms with Crippen LogP contribution in [0.25, 0.3) is 22.1 Å². The Kier molecular flexibility index (Phi) is 3.75. The van der Waals surface area contributed by atoms with Gasteiger partial charge in [0.15, 0.2) is 11.2 Å². The zero-order chi connectivity index (χ0) is 15.3. The molecule has 2 aromatic heterocycles. The quantitative estimate of drug-likeness (QED) is 0.519. The van der Waals surface area contributed by atoms with Crippen LogP contribution in [-0.2, 0) is 0 Å². The number of aromatic nitrogens is 3. The Morgan fingerprint density at radius 3 is 2.48 bits per heavy atom. The number of benzene rings is 2. The maximum Gasteiger partial charge on any atom is 0.406 e. The number of hydrogen-bond donors (Lipinski definition) is 1. The van der Waals surface area contributed by atoms with E-state index < -0.39 is 0 Å². The van der Waals surface area contributed by atoms with Crippen molar-refractivity contribution in [3.8, 4) is 5.69 Å². The number of para-hydroxylation sites is 1. The minimum atomic E-state index is -0.339. The molecule has 0 radical (unpaired) electrons. The van der Waals surface area contributed by atoms with Crippen molar-refractivity contribution < 1.29 is 14.4 Å². The summed E-state index contributed by atoms with van der Waals surface area (Å²) in [6, 6.07) is 15.3. The van der Waals surface area contributed by atoms with E-state index in [0.29, 0.717) is 11.2 Å². The average Bonchev–Trinajstić information content (AvgIpc) is 2.86. The normalized spacial score (nSPS) is 10.9. The molecule has 0 amide bonds. The molecule has 7 heteroatoms. The molecule has 0 bridgehead atoms. The largest absolute Gasteiger partial charge is 0.870 e. The summed E-state index contributed by atoms with van der Waals surface area (Å²) in [5.74, 6) is -0.339. The standard InChI is InChI=1S/C16H9BrFN3O.H2O/c17-13-9-15-16(22)20(11-7-5-10(18)6-8-11)19-21(15)14-4-2-1-3-12(13)14;/h1-9H;1H2. The highest BCUT2D eigenvalue weighted by Gasteiger charge is 2.20. The molecule has 0 saturated heterocycles. The summed E-state index contributed by atoms with van der Waals surface area (Å²) < 4.78 is 17.0. The topological polar surface area (TPSA) is 71.9 Å². The predicted octanol–water partition coefficient (Wildman–Crippen LogP) is 2.78. The molecule has 0 spiro atoms. The Balaban J connectivity index is 0.00000156. The maximum atomic E-state index is 13.1. The first-order valence-electron chi connectivity index (χ1n) is 6.65. The number of hydrogen-bond acceptors (Lipinski definition) is 2. The monoisotopic (exact) mass is 375 g/mol. The van der Waals surface area contributed by atoms with Gasteiger partial charge in [-0.05, 0) is 52.3 Å². The lowest BCUT2D eigenvalue weighted by atomic mass is 10.2. The molecule has 4 aromatic rings. The van der Waals surface area contributed by atoms with Crippen molar-refractivity contribution in [1.82, 2.24) is 9.90 Å². The number of nitrogens with zero attached hydrogens (tertiary/aromatic N) is 2. The van der Waals surface area contributed by atoms with Gasteiger partial charge in [-0.25, -0.2) is 9.18 Å². The van der Waals surface area contributed by atoms with E-state index in [1.54, 1.807) is 22.7 Å². The number of pyridine rings is 1. The summed E-state index contributed by atoms with van der Waals surface area (Å²) >= 11 is 3.50. The third-order valence-electron chi connectivity index (χ3n) is 3.61. The lowest BCUT2D eigenvalue weighted by Gasteiger charge is -1.97. The van der Waals surface area contributed by atoms with Gasteiger partial charge in [-0.15, -0.1) is 4.52 Å². The SMILES string of the molecule is O=c1c2cc(Br)c3ccccc3[n+]2[nH]n1-c1ccc(F)cc1.[OH-].